The number of piperidine rings is 1. The van der Waals surface area contributed by atoms with Crippen LogP contribution in [-0.4, -0.2) is 46.3 Å². The van der Waals surface area contributed by atoms with Gasteiger partial charge in [-0.1, -0.05) is 12.1 Å². The van der Waals surface area contributed by atoms with Crippen molar-refractivity contribution in [1.82, 2.24) is 24.2 Å². The molecule has 1 amide bonds. The summed E-state index contributed by atoms with van der Waals surface area (Å²) < 4.78 is 67.5. The van der Waals surface area contributed by atoms with Crippen LogP contribution in [-0.2, 0) is 21.0 Å². The Morgan fingerprint density at radius 3 is 2.55 bits per heavy atom. The number of nitrogens with zero attached hydrogens (tertiary/aromatic N) is 4. The second kappa shape index (κ2) is 8.75. The van der Waals surface area contributed by atoms with E-state index in [1.165, 1.54) is 0 Å². The van der Waals surface area contributed by atoms with Gasteiger partial charge < -0.3 is 5.32 Å². The molecule has 12 heteroatoms. The van der Waals surface area contributed by atoms with Gasteiger partial charge in [0.05, 0.1) is 16.5 Å². The number of fused-ring (bicyclic) bond motifs is 1. The predicted octanol–water partition coefficient (Wildman–Crippen LogP) is 3.03. The Morgan fingerprint density at radius 1 is 1.12 bits per heavy atom. The van der Waals surface area contributed by atoms with Gasteiger partial charge in [0.1, 0.15) is 0 Å². The van der Waals surface area contributed by atoms with E-state index in [-0.39, 0.29) is 31.8 Å². The number of pyridine rings is 1. The van der Waals surface area contributed by atoms with E-state index in [2.05, 4.69) is 15.5 Å². The normalized spacial score (nSPS) is 17.2. The van der Waals surface area contributed by atoms with E-state index in [0.717, 1.165) is 22.5 Å². The first kappa shape index (κ1) is 23.2. The van der Waals surface area contributed by atoms with Gasteiger partial charge in [-0.3, -0.25) is 9.20 Å². The molecular weight excluding hydrogens is 459 g/mol. The quantitative estimate of drug-likeness (QED) is 0.604. The van der Waals surface area contributed by atoms with Crippen LogP contribution >= 0.6 is 0 Å². The van der Waals surface area contributed by atoms with E-state index in [1.54, 1.807) is 23.6 Å². The molecule has 176 valence electrons. The Labute approximate surface area is 188 Å². The molecule has 3 heterocycles. The number of halogens is 3. The van der Waals surface area contributed by atoms with E-state index in [9.17, 15) is 26.4 Å². The number of carbonyl (C=O) groups is 1. The van der Waals surface area contributed by atoms with Crippen molar-refractivity contribution in [1.29, 1.82) is 0 Å². The van der Waals surface area contributed by atoms with Crippen molar-refractivity contribution in [2.75, 3.05) is 13.1 Å². The number of alkyl halides is 3. The largest absolute Gasteiger partial charge is 0.416 e. The smallest absolute Gasteiger partial charge is 0.346 e. The summed E-state index contributed by atoms with van der Waals surface area (Å²) in [6, 6.07) is 8.73. The van der Waals surface area contributed by atoms with Crippen molar-refractivity contribution >= 4 is 21.6 Å². The summed E-state index contributed by atoms with van der Waals surface area (Å²) in [6.07, 6.45) is -2.32. The Balaban J connectivity index is 1.39. The van der Waals surface area contributed by atoms with E-state index < -0.39 is 38.6 Å². The summed E-state index contributed by atoms with van der Waals surface area (Å²) in [4.78, 5) is 12.3. The molecule has 1 aliphatic heterocycles. The average molecular weight is 482 g/mol. The highest BCUT2D eigenvalue weighted by molar-refractivity contribution is 7.89. The lowest BCUT2D eigenvalue weighted by molar-refractivity contribution is -0.137. The fourth-order valence-corrected chi connectivity index (χ4v) is 5.41. The summed E-state index contributed by atoms with van der Waals surface area (Å²) in [6.45, 7) is 1.87. The summed E-state index contributed by atoms with van der Waals surface area (Å²) in [5.41, 5.74) is -0.366. The molecule has 0 bridgehead atoms. The van der Waals surface area contributed by atoms with Gasteiger partial charge in [-0.2, -0.15) is 17.5 Å². The first-order valence-corrected chi connectivity index (χ1v) is 11.8. The van der Waals surface area contributed by atoms with Gasteiger partial charge in [-0.25, -0.2) is 8.42 Å². The standard InChI is InChI=1S/C21H22F3N5O3S/c1-14(19-27-26-18-7-2-3-10-29(18)19)25-20(30)15-8-11-28(12-9-15)33(31,32)17-6-4-5-16(13-17)21(22,23)24/h2-7,10,13-15H,8-9,11-12H2,1H3,(H,25,30). The predicted molar refractivity (Wildman–Crippen MR) is 112 cm³/mol. The molecule has 1 N–H and O–H groups in total. The van der Waals surface area contributed by atoms with Crippen LogP contribution in [0.3, 0.4) is 0 Å². The number of nitrogens with one attached hydrogen (secondary N) is 1. The van der Waals surface area contributed by atoms with Gasteiger partial charge in [-0.05, 0) is 50.1 Å². The van der Waals surface area contributed by atoms with Crippen LogP contribution in [0.4, 0.5) is 13.2 Å². The van der Waals surface area contributed by atoms with Crippen molar-refractivity contribution in [3.63, 3.8) is 0 Å². The number of amides is 1. The highest BCUT2D eigenvalue weighted by Crippen LogP contribution is 2.32. The Kier molecular flexibility index (Phi) is 6.14. The molecule has 3 aromatic rings. The molecule has 4 rings (SSSR count). The summed E-state index contributed by atoms with van der Waals surface area (Å²) in [7, 11) is -4.10. The van der Waals surface area contributed by atoms with Crippen LogP contribution in [0.25, 0.3) is 5.65 Å². The van der Waals surface area contributed by atoms with Crippen LogP contribution in [0, 0.1) is 5.92 Å². The van der Waals surface area contributed by atoms with E-state index in [4.69, 9.17) is 0 Å². The van der Waals surface area contributed by atoms with Crippen molar-refractivity contribution in [3.05, 3.63) is 60.0 Å². The molecule has 1 aliphatic rings. The first-order valence-electron chi connectivity index (χ1n) is 10.3. The van der Waals surface area contributed by atoms with Crippen LogP contribution in [0.2, 0.25) is 0 Å². The third kappa shape index (κ3) is 4.71. The van der Waals surface area contributed by atoms with Crippen molar-refractivity contribution < 1.29 is 26.4 Å². The molecule has 0 saturated carbocycles. The number of sulfonamides is 1. The van der Waals surface area contributed by atoms with Crippen LogP contribution in [0.1, 0.15) is 37.2 Å². The number of benzene rings is 1. The zero-order valence-corrected chi connectivity index (χ0v) is 18.5. The third-order valence-electron chi connectivity index (χ3n) is 5.71. The third-order valence-corrected chi connectivity index (χ3v) is 7.60. The number of hydrogen-bond acceptors (Lipinski definition) is 5. The molecule has 8 nitrogen and oxygen atoms in total. The van der Waals surface area contributed by atoms with Gasteiger partial charge in [0.2, 0.25) is 15.9 Å². The molecule has 1 saturated heterocycles. The maximum absolute atomic E-state index is 13.0. The fraction of sp³-hybridized carbons (Fsp3) is 0.381. The van der Waals surface area contributed by atoms with E-state index >= 15 is 0 Å². The number of carbonyl (C=O) groups excluding carboxylic acids is 1. The maximum atomic E-state index is 13.0. The second-order valence-corrected chi connectivity index (χ2v) is 9.86. The summed E-state index contributed by atoms with van der Waals surface area (Å²) in [5, 5.41) is 11.1. The molecule has 2 aromatic heterocycles. The second-order valence-electron chi connectivity index (χ2n) is 7.92. The summed E-state index contributed by atoms with van der Waals surface area (Å²) in [5.74, 6) is -0.0746. The minimum atomic E-state index is -4.64. The summed E-state index contributed by atoms with van der Waals surface area (Å²) >= 11 is 0. The zero-order chi connectivity index (χ0) is 23.8. The minimum absolute atomic E-state index is 0.0406. The van der Waals surface area contributed by atoms with Crippen LogP contribution < -0.4 is 5.32 Å². The highest BCUT2D eigenvalue weighted by Gasteiger charge is 2.35. The minimum Gasteiger partial charge on any atom is -0.346 e. The molecule has 0 aliphatic carbocycles. The van der Waals surface area contributed by atoms with Crippen molar-refractivity contribution in [2.45, 2.75) is 36.9 Å². The molecule has 33 heavy (non-hydrogen) atoms. The number of aromatic nitrogens is 3. The van der Waals surface area contributed by atoms with Gasteiger partial charge in [0.15, 0.2) is 11.5 Å². The molecule has 0 spiro atoms. The molecule has 1 atom stereocenters. The molecule has 1 unspecified atom stereocenters. The SMILES string of the molecule is CC(NC(=O)C1CCN(S(=O)(=O)c2cccc(C(F)(F)F)c2)CC1)c1nnc2ccccn12. The lowest BCUT2D eigenvalue weighted by Crippen LogP contribution is -2.43. The fourth-order valence-electron chi connectivity index (χ4n) is 3.89. The topological polar surface area (TPSA) is 96.7 Å². The van der Waals surface area contributed by atoms with Crippen molar-refractivity contribution in [3.8, 4) is 0 Å². The Morgan fingerprint density at radius 2 is 1.85 bits per heavy atom. The van der Waals surface area contributed by atoms with Gasteiger partial charge in [0.25, 0.3) is 0 Å². The number of rotatable bonds is 5. The average Bonchev–Trinajstić information content (AvgIpc) is 3.23. The molecular formula is C21H22F3N5O3S. The van der Waals surface area contributed by atoms with Gasteiger partial charge in [-0.15, -0.1) is 10.2 Å². The van der Waals surface area contributed by atoms with Gasteiger partial charge >= 0.3 is 6.18 Å². The van der Waals surface area contributed by atoms with Crippen LogP contribution in [0.15, 0.2) is 53.6 Å². The Hall–Kier alpha value is -2.99. The zero-order valence-electron chi connectivity index (χ0n) is 17.7. The van der Waals surface area contributed by atoms with E-state index in [1.807, 2.05) is 12.1 Å². The Bertz CT molecular complexity index is 1270. The lowest BCUT2D eigenvalue weighted by Gasteiger charge is -2.31. The lowest BCUT2D eigenvalue weighted by atomic mass is 9.97. The number of hydrogen-bond donors (Lipinski definition) is 1. The molecule has 1 aromatic carbocycles. The molecule has 1 fully saturated rings. The monoisotopic (exact) mass is 481 g/mol. The van der Waals surface area contributed by atoms with E-state index in [0.29, 0.717) is 17.5 Å². The maximum Gasteiger partial charge on any atom is 0.416 e. The molecule has 0 radical (unpaired) electrons. The first-order chi connectivity index (χ1) is 15.6. The van der Waals surface area contributed by atoms with Crippen LogP contribution in [0.5, 0.6) is 0 Å². The highest BCUT2D eigenvalue weighted by atomic mass is 32.2. The van der Waals surface area contributed by atoms with Gasteiger partial charge in [0, 0.05) is 25.2 Å². The van der Waals surface area contributed by atoms with Crippen molar-refractivity contribution in [2.24, 2.45) is 5.92 Å².